The number of nitrogens with zero attached hydrogens (tertiary/aromatic N) is 2. The summed E-state index contributed by atoms with van der Waals surface area (Å²) < 4.78 is 14.8. The minimum absolute atomic E-state index is 0.0851. The first-order valence-corrected chi connectivity index (χ1v) is 9.43. The molecule has 27 heavy (non-hydrogen) atoms. The predicted octanol–water partition coefficient (Wildman–Crippen LogP) is 3.59. The highest BCUT2D eigenvalue weighted by Gasteiger charge is 2.36. The lowest BCUT2D eigenvalue weighted by Crippen LogP contribution is -2.50. The van der Waals surface area contributed by atoms with Crippen molar-refractivity contribution < 1.29 is 4.39 Å². The zero-order valence-corrected chi connectivity index (χ0v) is 15.4. The summed E-state index contributed by atoms with van der Waals surface area (Å²) in [5.74, 6) is -0.437. The van der Waals surface area contributed by atoms with Crippen molar-refractivity contribution in [1.29, 1.82) is 5.26 Å². The van der Waals surface area contributed by atoms with Crippen LogP contribution in [0, 0.1) is 17.1 Å². The molecule has 1 unspecified atom stereocenters. The summed E-state index contributed by atoms with van der Waals surface area (Å²) in [6.07, 6.45) is 8.51. The van der Waals surface area contributed by atoms with Crippen LogP contribution < -0.4 is 10.6 Å². The van der Waals surface area contributed by atoms with E-state index in [0.717, 1.165) is 42.6 Å². The van der Waals surface area contributed by atoms with Gasteiger partial charge in [0.05, 0.1) is 5.56 Å². The third kappa shape index (κ3) is 3.39. The maximum absolute atomic E-state index is 14.8. The second-order valence-corrected chi connectivity index (χ2v) is 7.59. The molecule has 2 N–H and O–H groups in total. The first kappa shape index (κ1) is 17.8. The van der Waals surface area contributed by atoms with Crippen molar-refractivity contribution >= 4 is 11.6 Å². The van der Waals surface area contributed by atoms with E-state index >= 15 is 0 Å². The fourth-order valence-electron chi connectivity index (χ4n) is 4.29. The first-order chi connectivity index (χ1) is 13.1. The van der Waals surface area contributed by atoms with Crippen LogP contribution in [0.15, 0.2) is 36.7 Å². The number of hydrogen-bond acceptors (Lipinski definition) is 4. The van der Waals surface area contributed by atoms with Crippen LogP contribution in [0.25, 0.3) is 11.6 Å². The van der Waals surface area contributed by atoms with Gasteiger partial charge in [0.2, 0.25) is 0 Å². The number of aromatic nitrogens is 1. The fraction of sp³-hybridized carbons (Fsp3) is 0.364. The number of fused-ring (bicyclic) bond motifs is 1. The Morgan fingerprint density at radius 1 is 1.30 bits per heavy atom. The van der Waals surface area contributed by atoms with E-state index in [4.69, 9.17) is 0 Å². The molecule has 1 aromatic carbocycles. The van der Waals surface area contributed by atoms with E-state index in [1.54, 1.807) is 18.3 Å². The van der Waals surface area contributed by atoms with Crippen molar-refractivity contribution in [3.8, 4) is 6.07 Å². The molecule has 0 amide bonds. The average Bonchev–Trinajstić information content (AvgIpc) is 2.69. The van der Waals surface area contributed by atoms with Gasteiger partial charge in [0.25, 0.3) is 0 Å². The molecular weight excluding hydrogens is 339 g/mol. The van der Waals surface area contributed by atoms with E-state index in [-0.39, 0.29) is 11.1 Å². The second-order valence-electron chi connectivity index (χ2n) is 7.59. The highest BCUT2D eigenvalue weighted by atomic mass is 19.1. The summed E-state index contributed by atoms with van der Waals surface area (Å²) in [6.45, 7) is 4.19. The molecule has 1 aliphatic carbocycles. The number of nitrogens with one attached hydrogen (secondary N) is 2. The van der Waals surface area contributed by atoms with Gasteiger partial charge in [-0.3, -0.25) is 4.98 Å². The molecular formula is C22H23FN4. The topological polar surface area (TPSA) is 60.7 Å². The summed E-state index contributed by atoms with van der Waals surface area (Å²) in [6, 6.07) is 9.37. The molecule has 4 rings (SSSR count). The Morgan fingerprint density at radius 2 is 2.11 bits per heavy atom. The Labute approximate surface area is 159 Å². The monoisotopic (exact) mass is 362 g/mol. The van der Waals surface area contributed by atoms with Crippen molar-refractivity contribution in [1.82, 2.24) is 15.6 Å². The van der Waals surface area contributed by atoms with Crippen LogP contribution in [0.2, 0.25) is 0 Å². The smallest absolute Gasteiger partial charge is 0.148 e. The van der Waals surface area contributed by atoms with E-state index in [1.165, 1.54) is 6.07 Å². The zero-order valence-electron chi connectivity index (χ0n) is 15.4. The Balaban J connectivity index is 1.75. The summed E-state index contributed by atoms with van der Waals surface area (Å²) in [7, 11) is 0. The van der Waals surface area contributed by atoms with Crippen molar-refractivity contribution in [3.05, 3.63) is 64.7 Å². The van der Waals surface area contributed by atoms with Gasteiger partial charge < -0.3 is 10.6 Å². The maximum atomic E-state index is 14.8. The Bertz CT molecular complexity index is 924. The standard InChI is InChI=1S/C22H23FN4/c1-22(27-18-6-9-25-10-7-18)12-17(11-15-5-8-26-14-20(15)22)19-4-2-3-16(13-24)21(19)23/h2-5,8,11,14,18,25,27H,6-7,9-10,12H2,1H3. The normalized spacial score (nSPS) is 22.6. The molecule has 1 saturated heterocycles. The third-order valence-corrected chi connectivity index (χ3v) is 5.65. The number of nitriles is 1. The fourth-order valence-corrected chi connectivity index (χ4v) is 4.29. The van der Waals surface area contributed by atoms with Crippen LogP contribution in [0.3, 0.4) is 0 Å². The molecule has 1 aliphatic heterocycles. The van der Waals surface area contributed by atoms with Gasteiger partial charge in [-0.2, -0.15) is 5.26 Å². The summed E-state index contributed by atoms with van der Waals surface area (Å²) in [5.41, 5.74) is 3.37. The molecule has 2 aromatic rings. The molecule has 1 aromatic heterocycles. The molecule has 0 spiro atoms. The SMILES string of the molecule is CC1(NC2CCNCC2)CC(c2cccc(C#N)c2F)=Cc2ccncc21. The lowest BCUT2D eigenvalue weighted by Gasteiger charge is -2.41. The number of hydrogen-bond donors (Lipinski definition) is 2. The largest absolute Gasteiger partial charge is 0.317 e. The van der Waals surface area contributed by atoms with Crippen LogP contribution in [0.1, 0.15) is 48.4 Å². The molecule has 1 fully saturated rings. The molecule has 2 heterocycles. The molecule has 0 saturated carbocycles. The van der Waals surface area contributed by atoms with Crippen LogP contribution in [0.5, 0.6) is 0 Å². The van der Waals surface area contributed by atoms with Gasteiger partial charge in [-0.1, -0.05) is 18.2 Å². The number of piperidine rings is 1. The first-order valence-electron chi connectivity index (χ1n) is 9.43. The Hall–Kier alpha value is -2.55. The Kier molecular flexibility index (Phi) is 4.77. The van der Waals surface area contributed by atoms with Crippen LogP contribution in [-0.2, 0) is 5.54 Å². The van der Waals surface area contributed by atoms with E-state index in [1.807, 2.05) is 24.4 Å². The molecule has 2 aliphatic rings. The van der Waals surface area contributed by atoms with Gasteiger partial charge in [0.1, 0.15) is 11.9 Å². The van der Waals surface area contributed by atoms with Crippen LogP contribution in [-0.4, -0.2) is 24.1 Å². The third-order valence-electron chi connectivity index (χ3n) is 5.65. The molecule has 138 valence electrons. The lowest BCUT2D eigenvalue weighted by molar-refractivity contribution is 0.274. The molecule has 1 atom stereocenters. The van der Waals surface area contributed by atoms with Gasteiger partial charge in [-0.15, -0.1) is 0 Å². The minimum Gasteiger partial charge on any atom is -0.317 e. The summed E-state index contributed by atoms with van der Waals surface area (Å²) in [5, 5.41) is 16.4. The van der Waals surface area contributed by atoms with Crippen molar-refractivity contribution in [3.63, 3.8) is 0 Å². The number of rotatable bonds is 3. The molecule has 5 heteroatoms. The van der Waals surface area contributed by atoms with Crippen molar-refractivity contribution in [2.75, 3.05) is 13.1 Å². The van der Waals surface area contributed by atoms with Gasteiger partial charge in [0.15, 0.2) is 0 Å². The summed E-state index contributed by atoms with van der Waals surface area (Å²) in [4.78, 5) is 4.33. The van der Waals surface area contributed by atoms with Gasteiger partial charge in [-0.05, 0) is 68.1 Å². The van der Waals surface area contributed by atoms with Crippen LogP contribution in [0.4, 0.5) is 4.39 Å². The highest BCUT2D eigenvalue weighted by Crippen LogP contribution is 2.41. The van der Waals surface area contributed by atoms with Crippen molar-refractivity contribution in [2.45, 2.75) is 37.8 Å². The van der Waals surface area contributed by atoms with Gasteiger partial charge >= 0.3 is 0 Å². The van der Waals surface area contributed by atoms with Crippen molar-refractivity contribution in [2.24, 2.45) is 0 Å². The average molecular weight is 362 g/mol. The van der Waals surface area contributed by atoms with E-state index in [2.05, 4.69) is 22.5 Å². The quantitative estimate of drug-likeness (QED) is 0.876. The van der Waals surface area contributed by atoms with Crippen LogP contribution >= 0.6 is 0 Å². The predicted molar refractivity (Wildman–Crippen MR) is 104 cm³/mol. The highest BCUT2D eigenvalue weighted by molar-refractivity contribution is 5.86. The molecule has 0 bridgehead atoms. The molecule has 4 nitrogen and oxygen atoms in total. The number of benzene rings is 1. The number of halogens is 1. The van der Waals surface area contributed by atoms with Gasteiger partial charge in [-0.25, -0.2) is 4.39 Å². The number of pyridine rings is 1. The lowest BCUT2D eigenvalue weighted by atomic mass is 9.76. The second kappa shape index (κ2) is 7.22. The summed E-state index contributed by atoms with van der Waals surface area (Å²) >= 11 is 0. The Morgan fingerprint density at radius 3 is 2.89 bits per heavy atom. The molecule has 0 radical (unpaired) electrons. The maximum Gasteiger partial charge on any atom is 0.148 e. The van der Waals surface area contributed by atoms with E-state index < -0.39 is 5.82 Å². The zero-order chi connectivity index (χ0) is 18.9. The minimum atomic E-state index is -0.437. The van der Waals surface area contributed by atoms with E-state index in [0.29, 0.717) is 18.0 Å². The van der Waals surface area contributed by atoms with E-state index in [9.17, 15) is 9.65 Å². The van der Waals surface area contributed by atoms with Gasteiger partial charge in [0, 0.05) is 29.5 Å².